The molecule has 0 saturated carbocycles. The fraction of sp³-hybridized carbons (Fsp3) is 0.459. The molecule has 0 radical (unpaired) electrons. The van der Waals surface area contributed by atoms with E-state index in [1.165, 1.54) is 24.3 Å². The van der Waals surface area contributed by atoms with E-state index < -0.39 is 37.0 Å². The van der Waals surface area contributed by atoms with Crippen LogP contribution in [0.25, 0.3) is 0 Å². The number of nitrogens with zero attached hydrogens (tertiary/aromatic N) is 2. The molecule has 51 heavy (non-hydrogen) atoms. The van der Waals surface area contributed by atoms with Crippen LogP contribution in [0, 0.1) is 0 Å². The van der Waals surface area contributed by atoms with Gasteiger partial charge in [0.15, 0.2) is 5.71 Å². The maximum absolute atomic E-state index is 12.0. The Morgan fingerprint density at radius 2 is 1.47 bits per heavy atom. The van der Waals surface area contributed by atoms with E-state index in [1.54, 1.807) is 26.4 Å². The second-order valence-electron chi connectivity index (χ2n) is 13.2. The number of hydrogen-bond acceptors (Lipinski definition) is 10. The molecule has 4 rings (SSSR count). The number of aliphatic carboxylic acids is 1. The molecular formula is C37H47N2O10S2-. The number of likely N-dealkylation sites (N-methyl/N-ethyl adjacent to an activating group) is 1. The van der Waals surface area contributed by atoms with Gasteiger partial charge in [0, 0.05) is 81.3 Å². The minimum atomic E-state index is -4.70. The molecule has 0 spiro atoms. The number of benzene rings is 2. The third-order valence-corrected chi connectivity index (χ3v) is 11.6. The zero-order valence-electron chi connectivity index (χ0n) is 29.8. The molecule has 2 atom stereocenters. The molecule has 2 aromatic carbocycles. The molecule has 0 saturated heterocycles. The normalized spacial score (nSPS) is 21.4. The number of allylic oxidation sites excluding steroid dienone is 6. The summed E-state index contributed by atoms with van der Waals surface area (Å²) in [6.07, 6.45) is 12.6. The summed E-state index contributed by atoms with van der Waals surface area (Å²) in [4.78, 5) is 12.6. The van der Waals surface area contributed by atoms with E-state index in [0.29, 0.717) is 64.0 Å². The summed E-state index contributed by atoms with van der Waals surface area (Å²) in [5.41, 5.74) is 3.48. The van der Waals surface area contributed by atoms with Crippen LogP contribution in [0.15, 0.2) is 82.3 Å². The van der Waals surface area contributed by atoms with E-state index in [0.717, 1.165) is 28.3 Å². The van der Waals surface area contributed by atoms with Crippen molar-refractivity contribution < 1.29 is 49.9 Å². The molecule has 12 nitrogen and oxygen atoms in total. The van der Waals surface area contributed by atoms with Crippen molar-refractivity contribution in [2.75, 3.05) is 45.4 Å². The zero-order valence-corrected chi connectivity index (χ0v) is 31.4. The first-order chi connectivity index (χ1) is 24.0. The van der Waals surface area contributed by atoms with Crippen molar-refractivity contribution in [3.05, 3.63) is 83.6 Å². The molecule has 2 heterocycles. The van der Waals surface area contributed by atoms with Crippen molar-refractivity contribution in [3.8, 4) is 0 Å². The monoisotopic (exact) mass is 743 g/mol. The molecule has 2 aliphatic rings. The van der Waals surface area contributed by atoms with Gasteiger partial charge >= 0.3 is 5.97 Å². The standard InChI is InChI=1S/C37H48N2O10S2/c1-6-38-31-18-16-27(50(42,43)44)25-29(31)36(2,20-23-48-4)33(38)13-9-7-10-14-34-37(3,21-24-49-5)30-26-28(51(45,46)47)17-19-32(30)39(34)22-12-8-11-15-35(40)41/h7,9-10,13-14,16-19,25-26H,6,8,11-12,15,20-24H2,1-5H3,(H2-,40,41,42,43,44,45,46,47)/p-1. The van der Waals surface area contributed by atoms with E-state index in [1.807, 2.05) is 51.2 Å². The number of carboxylic acids is 1. The lowest BCUT2D eigenvalue weighted by molar-refractivity contribution is -0.438. The number of hydrogen-bond donors (Lipinski definition) is 1. The van der Waals surface area contributed by atoms with Crippen LogP contribution in [-0.2, 0) is 45.3 Å². The molecule has 0 amide bonds. The van der Waals surface area contributed by atoms with Gasteiger partial charge in [-0.15, -0.1) is 0 Å². The molecule has 1 N–H and O–H groups in total. The maximum atomic E-state index is 12.0. The zero-order chi connectivity index (χ0) is 37.6. The number of ether oxygens (including phenoxy) is 2. The van der Waals surface area contributed by atoms with Crippen LogP contribution < -0.4 is 4.90 Å². The lowest BCUT2D eigenvalue weighted by atomic mass is 9.76. The van der Waals surface area contributed by atoms with Crippen LogP contribution >= 0.6 is 0 Å². The molecule has 278 valence electrons. The Balaban J connectivity index is 1.75. The third-order valence-electron chi connectivity index (χ3n) is 9.93. The predicted molar refractivity (Wildman–Crippen MR) is 192 cm³/mol. The number of rotatable bonds is 18. The van der Waals surface area contributed by atoms with E-state index >= 15 is 0 Å². The van der Waals surface area contributed by atoms with Gasteiger partial charge in [-0.1, -0.05) is 18.2 Å². The summed E-state index contributed by atoms with van der Waals surface area (Å²) in [5.74, 6) is -0.848. The van der Waals surface area contributed by atoms with Crippen LogP contribution in [0.5, 0.6) is 0 Å². The number of carboxylic acid groups (broad SMARTS) is 1. The van der Waals surface area contributed by atoms with Crippen LogP contribution in [0.1, 0.15) is 70.4 Å². The molecule has 0 aliphatic carbocycles. The van der Waals surface area contributed by atoms with Gasteiger partial charge in [0.05, 0.1) is 15.2 Å². The average molecular weight is 744 g/mol. The van der Waals surface area contributed by atoms with Crippen LogP contribution in [0.4, 0.5) is 11.4 Å². The van der Waals surface area contributed by atoms with Crippen molar-refractivity contribution in [2.45, 2.75) is 79.9 Å². The highest BCUT2D eigenvalue weighted by Crippen LogP contribution is 2.50. The largest absolute Gasteiger partial charge is 0.744 e. The van der Waals surface area contributed by atoms with Gasteiger partial charge in [-0.2, -0.15) is 4.58 Å². The van der Waals surface area contributed by atoms with Gasteiger partial charge in [0.1, 0.15) is 26.8 Å². The Hall–Kier alpha value is -3.66. The first kappa shape index (κ1) is 40.1. The molecule has 0 bridgehead atoms. The Morgan fingerprint density at radius 3 is 2.06 bits per heavy atom. The summed E-state index contributed by atoms with van der Waals surface area (Å²) >= 11 is 0. The number of fused-ring (bicyclic) bond motifs is 2. The van der Waals surface area contributed by atoms with E-state index in [9.17, 15) is 30.7 Å². The Morgan fingerprint density at radius 1 is 0.863 bits per heavy atom. The van der Waals surface area contributed by atoms with Gasteiger partial charge in [0.25, 0.3) is 0 Å². The van der Waals surface area contributed by atoms with Crippen LogP contribution in [0.3, 0.4) is 0 Å². The molecule has 0 fully saturated rings. The van der Waals surface area contributed by atoms with Gasteiger partial charge in [0.2, 0.25) is 5.69 Å². The molecule has 2 unspecified atom stereocenters. The van der Waals surface area contributed by atoms with E-state index in [4.69, 9.17) is 14.6 Å². The van der Waals surface area contributed by atoms with E-state index in [-0.39, 0.29) is 16.2 Å². The Kier molecular flexibility index (Phi) is 12.9. The number of unbranched alkanes of at least 4 members (excludes halogenated alkanes) is 2. The molecule has 2 aromatic rings. The van der Waals surface area contributed by atoms with Crippen molar-refractivity contribution in [2.24, 2.45) is 0 Å². The quantitative estimate of drug-likeness (QED) is 0.0900. The fourth-order valence-corrected chi connectivity index (χ4v) is 8.17. The first-order valence-electron chi connectivity index (χ1n) is 16.9. The van der Waals surface area contributed by atoms with Crippen LogP contribution in [0.2, 0.25) is 0 Å². The lowest BCUT2D eigenvalue weighted by Crippen LogP contribution is -2.33. The Bertz CT molecular complexity index is 1970. The fourth-order valence-electron chi connectivity index (χ4n) is 7.17. The van der Waals surface area contributed by atoms with Gasteiger partial charge in [-0.25, -0.2) is 16.8 Å². The predicted octanol–water partition coefficient (Wildman–Crippen LogP) is 5.36. The summed E-state index contributed by atoms with van der Waals surface area (Å²) < 4.78 is 84.8. The topological polar surface area (TPSA) is 176 Å². The number of anilines is 1. The molecule has 2 aliphatic heterocycles. The summed E-state index contributed by atoms with van der Waals surface area (Å²) in [6.45, 7) is 7.93. The van der Waals surface area contributed by atoms with Crippen LogP contribution in [-0.4, -0.2) is 87.8 Å². The number of carbonyl (C=O) groups is 1. The van der Waals surface area contributed by atoms with Crippen molar-refractivity contribution in [1.82, 2.24) is 0 Å². The van der Waals surface area contributed by atoms with Gasteiger partial charge in [-0.05, 0) is 88.4 Å². The highest BCUT2D eigenvalue weighted by molar-refractivity contribution is 7.86. The lowest BCUT2D eigenvalue weighted by Gasteiger charge is -2.29. The molecule has 14 heteroatoms. The summed E-state index contributed by atoms with van der Waals surface area (Å²) in [7, 11) is -6.17. The molecule has 0 aromatic heterocycles. The van der Waals surface area contributed by atoms with E-state index in [2.05, 4.69) is 9.48 Å². The highest BCUT2D eigenvalue weighted by atomic mass is 32.2. The van der Waals surface area contributed by atoms with Crippen molar-refractivity contribution in [3.63, 3.8) is 0 Å². The third kappa shape index (κ3) is 8.70. The Labute approximate surface area is 301 Å². The molecular weight excluding hydrogens is 697 g/mol. The minimum Gasteiger partial charge on any atom is -0.744 e. The second-order valence-corrected chi connectivity index (χ2v) is 16.0. The SMILES string of the molecule is CCN1/C(=C/C=C/C=C/C2=[N+](CCCCCC(=O)O)c3ccc(S(=O)(=O)[O-])cc3C2(C)CCOC)C(C)(CCOC)c2cc(S(=O)(=O)[O-])ccc21. The first-order valence-corrected chi connectivity index (χ1v) is 19.7. The minimum absolute atomic E-state index is 0.0770. The highest BCUT2D eigenvalue weighted by Gasteiger charge is 2.48. The smallest absolute Gasteiger partial charge is 0.303 e. The van der Waals surface area contributed by atoms with Gasteiger partial charge < -0.3 is 28.6 Å². The summed E-state index contributed by atoms with van der Waals surface area (Å²) in [6, 6.07) is 8.91. The average Bonchev–Trinajstić information content (AvgIpc) is 3.45. The van der Waals surface area contributed by atoms with Crippen molar-refractivity contribution in [1.29, 1.82) is 0 Å². The maximum Gasteiger partial charge on any atom is 0.303 e. The second kappa shape index (κ2) is 16.3. The summed E-state index contributed by atoms with van der Waals surface area (Å²) in [5, 5.41) is 9.07. The van der Waals surface area contributed by atoms with Gasteiger partial charge in [-0.3, -0.25) is 4.79 Å². The van der Waals surface area contributed by atoms with Crippen molar-refractivity contribution >= 4 is 43.3 Å². The number of methoxy groups -OCH3 is 2.